The number of nitrogens with one attached hydrogen (secondary N) is 1. The predicted molar refractivity (Wildman–Crippen MR) is 82.7 cm³/mol. The van der Waals surface area contributed by atoms with Crippen LogP contribution in [0.3, 0.4) is 0 Å². The second-order valence-electron chi connectivity index (χ2n) is 6.05. The molecule has 0 radical (unpaired) electrons. The number of nitrogens with zero attached hydrogens (tertiary/aromatic N) is 2. The number of halogens is 3. The van der Waals surface area contributed by atoms with Gasteiger partial charge in [-0.05, 0) is 17.7 Å². The maximum atomic E-state index is 13.5. The quantitative estimate of drug-likeness (QED) is 0.847. The summed E-state index contributed by atoms with van der Waals surface area (Å²) in [6, 6.07) is 2.22. The van der Waals surface area contributed by atoms with E-state index in [0.29, 0.717) is 35.0 Å². The van der Waals surface area contributed by atoms with E-state index < -0.39 is 24.2 Å². The van der Waals surface area contributed by atoms with Crippen LogP contribution in [0.4, 0.5) is 19.0 Å². The Morgan fingerprint density at radius 3 is 2.69 bits per heavy atom. The fourth-order valence-corrected chi connectivity index (χ4v) is 3.21. The van der Waals surface area contributed by atoms with Crippen LogP contribution in [-0.2, 0) is 0 Å². The first-order valence-electron chi connectivity index (χ1n) is 7.88. The Morgan fingerprint density at radius 2 is 2.00 bits per heavy atom. The van der Waals surface area contributed by atoms with E-state index in [9.17, 15) is 23.1 Å². The minimum atomic E-state index is -4.56. The number of hydrogen-bond acceptors (Lipinski definition) is 5. The van der Waals surface area contributed by atoms with E-state index in [2.05, 4.69) is 10.4 Å². The molecule has 2 atom stereocenters. The zero-order chi connectivity index (χ0) is 18.5. The summed E-state index contributed by atoms with van der Waals surface area (Å²) in [4.78, 5) is 11.3. The van der Waals surface area contributed by atoms with Gasteiger partial charge >= 0.3 is 12.1 Å². The molecule has 138 valence electrons. The van der Waals surface area contributed by atoms with Gasteiger partial charge in [0.05, 0.1) is 12.2 Å². The number of anilines is 1. The molecule has 2 N–H and O–H groups in total. The molecule has 0 saturated carbocycles. The average Bonchev–Trinajstić information content (AvgIpc) is 3.03. The first-order chi connectivity index (χ1) is 12.3. The lowest BCUT2D eigenvalue weighted by molar-refractivity contribution is -0.173. The summed E-state index contributed by atoms with van der Waals surface area (Å²) < 4.78 is 52.1. The van der Waals surface area contributed by atoms with Crippen molar-refractivity contribution in [3.8, 4) is 11.5 Å². The third-order valence-corrected chi connectivity index (χ3v) is 4.44. The summed E-state index contributed by atoms with van der Waals surface area (Å²) in [6.07, 6.45) is -3.96. The molecule has 2 aromatic rings. The predicted octanol–water partition coefficient (Wildman–Crippen LogP) is 3.01. The molecule has 2 aliphatic rings. The Labute approximate surface area is 145 Å². The van der Waals surface area contributed by atoms with Crippen molar-refractivity contribution in [1.29, 1.82) is 0 Å². The van der Waals surface area contributed by atoms with E-state index in [0.717, 1.165) is 6.20 Å². The van der Waals surface area contributed by atoms with Crippen molar-refractivity contribution in [2.45, 2.75) is 24.7 Å². The van der Waals surface area contributed by atoms with Crippen molar-refractivity contribution in [1.82, 2.24) is 9.78 Å². The summed E-state index contributed by atoms with van der Waals surface area (Å²) >= 11 is 0. The molecule has 0 spiro atoms. The molecule has 3 heterocycles. The van der Waals surface area contributed by atoms with Crippen LogP contribution in [0.1, 0.15) is 34.4 Å². The normalized spacial score (nSPS) is 21.7. The van der Waals surface area contributed by atoms with E-state index in [4.69, 9.17) is 9.47 Å². The average molecular weight is 369 g/mol. The third-order valence-electron chi connectivity index (χ3n) is 4.44. The zero-order valence-corrected chi connectivity index (χ0v) is 13.3. The fourth-order valence-electron chi connectivity index (χ4n) is 3.21. The standard InChI is InChI=1S/C16H14F3N3O4/c17-16(18,19)13-6-10(21-14-9(15(23)24)7-20-22(13)14)8-1-2-11-12(5-8)26-4-3-25-11/h1-2,5,7,10,13,21H,3-4,6H2,(H,23,24)/t10-,13+/m1/s1. The van der Waals surface area contributed by atoms with E-state index in [-0.39, 0.29) is 17.8 Å². The molecule has 0 fully saturated rings. The lowest BCUT2D eigenvalue weighted by Crippen LogP contribution is -2.36. The molecule has 26 heavy (non-hydrogen) atoms. The Morgan fingerprint density at radius 1 is 1.27 bits per heavy atom. The van der Waals surface area contributed by atoms with Gasteiger partial charge in [-0.3, -0.25) is 0 Å². The molecule has 4 rings (SSSR count). The molecule has 10 heteroatoms. The minimum absolute atomic E-state index is 0.161. The first-order valence-corrected chi connectivity index (χ1v) is 7.88. The molecule has 0 saturated heterocycles. The Balaban J connectivity index is 1.74. The van der Waals surface area contributed by atoms with Crippen molar-refractivity contribution in [2.24, 2.45) is 0 Å². The molecule has 0 aliphatic carbocycles. The smallest absolute Gasteiger partial charge is 0.410 e. The number of hydrogen-bond donors (Lipinski definition) is 2. The number of carboxylic acids is 1. The van der Waals surface area contributed by atoms with Gasteiger partial charge in [0.15, 0.2) is 17.5 Å². The Kier molecular flexibility index (Phi) is 3.70. The maximum Gasteiger partial charge on any atom is 0.410 e. The van der Waals surface area contributed by atoms with Crippen LogP contribution in [-0.4, -0.2) is 40.2 Å². The van der Waals surface area contributed by atoms with Crippen LogP contribution >= 0.6 is 0 Å². The summed E-state index contributed by atoms with van der Waals surface area (Å²) in [7, 11) is 0. The van der Waals surface area contributed by atoms with E-state index in [1.807, 2.05) is 0 Å². The highest BCUT2D eigenvalue weighted by molar-refractivity contribution is 5.93. The van der Waals surface area contributed by atoms with Gasteiger partial charge in [0, 0.05) is 6.42 Å². The number of aromatic nitrogens is 2. The molecule has 1 aromatic carbocycles. The van der Waals surface area contributed by atoms with Crippen LogP contribution in [0.2, 0.25) is 0 Å². The molecule has 0 bridgehead atoms. The number of fused-ring (bicyclic) bond motifs is 2. The molecular weight excluding hydrogens is 355 g/mol. The van der Waals surface area contributed by atoms with Crippen LogP contribution < -0.4 is 14.8 Å². The van der Waals surface area contributed by atoms with E-state index in [1.165, 1.54) is 0 Å². The van der Waals surface area contributed by atoms with Crippen molar-refractivity contribution < 1.29 is 32.5 Å². The summed E-state index contributed by atoms with van der Waals surface area (Å²) in [5, 5.41) is 15.7. The number of alkyl halides is 3. The highest BCUT2D eigenvalue weighted by Gasteiger charge is 2.47. The van der Waals surface area contributed by atoms with Crippen LogP contribution in [0.15, 0.2) is 24.4 Å². The minimum Gasteiger partial charge on any atom is -0.486 e. The monoisotopic (exact) mass is 369 g/mol. The largest absolute Gasteiger partial charge is 0.486 e. The second kappa shape index (κ2) is 5.82. The molecule has 1 aromatic heterocycles. The number of aromatic carboxylic acids is 1. The molecule has 7 nitrogen and oxygen atoms in total. The van der Waals surface area contributed by atoms with E-state index >= 15 is 0 Å². The van der Waals surface area contributed by atoms with Crippen LogP contribution in [0, 0.1) is 0 Å². The third kappa shape index (κ3) is 2.71. The molecular formula is C16H14F3N3O4. The van der Waals surface area contributed by atoms with Gasteiger partial charge in [0.1, 0.15) is 24.6 Å². The van der Waals surface area contributed by atoms with Gasteiger partial charge in [0.2, 0.25) is 0 Å². The lowest BCUT2D eigenvalue weighted by Gasteiger charge is -2.34. The SMILES string of the molecule is O=C(O)c1cnn2c1N[C@@H](c1ccc3c(c1)OCCO3)C[C@H]2C(F)(F)F. The van der Waals surface area contributed by atoms with E-state index in [1.54, 1.807) is 18.2 Å². The van der Waals surface area contributed by atoms with Gasteiger partial charge < -0.3 is 19.9 Å². The number of benzene rings is 1. The topological polar surface area (TPSA) is 85.6 Å². The Hall–Kier alpha value is -2.91. The van der Waals surface area contributed by atoms with Crippen molar-refractivity contribution in [3.05, 3.63) is 35.5 Å². The van der Waals surface area contributed by atoms with Crippen LogP contribution in [0.25, 0.3) is 0 Å². The first kappa shape index (κ1) is 16.6. The van der Waals surface area contributed by atoms with Gasteiger partial charge in [-0.25, -0.2) is 9.48 Å². The molecule has 0 unspecified atom stereocenters. The number of rotatable bonds is 2. The number of carbonyl (C=O) groups is 1. The summed E-state index contributed by atoms with van der Waals surface area (Å²) in [5.74, 6) is -0.524. The van der Waals surface area contributed by atoms with Gasteiger partial charge in [-0.1, -0.05) is 6.07 Å². The summed E-state index contributed by atoms with van der Waals surface area (Å²) in [5.41, 5.74) is 0.244. The number of ether oxygens (including phenoxy) is 2. The highest BCUT2D eigenvalue weighted by Crippen LogP contribution is 2.45. The van der Waals surface area contributed by atoms with Crippen LogP contribution in [0.5, 0.6) is 11.5 Å². The second-order valence-corrected chi connectivity index (χ2v) is 6.05. The zero-order valence-electron chi connectivity index (χ0n) is 13.3. The Bertz CT molecular complexity index is 865. The lowest BCUT2D eigenvalue weighted by atomic mass is 9.96. The van der Waals surface area contributed by atoms with Crippen molar-refractivity contribution in [3.63, 3.8) is 0 Å². The fraction of sp³-hybridized carbons (Fsp3) is 0.375. The summed E-state index contributed by atoms with van der Waals surface area (Å²) in [6.45, 7) is 0.765. The van der Waals surface area contributed by atoms with Crippen molar-refractivity contribution >= 4 is 11.8 Å². The van der Waals surface area contributed by atoms with Gasteiger partial charge in [0.25, 0.3) is 0 Å². The van der Waals surface area contributed by atoms with Crippen molar-refractivity contribution in [2.75, 3.05) is 18.5 Å². The molecule has 0 amide bonds. The van der Waals surface area contributed by atoms with Gasteiger partial charge in [-0.15, -0.1) is 0 Å². The van der Waals surface area contributed by atoms with Gasteiger partial charge in [-0.2, -0.15) is 18.3 Å². The number of carboxylic acid groups (broad SMARTS) is 1. The highest BCUT2D eigenvalue weighted by atomic mass is 19.4. The maximum absolute atomic E-state index is 13.5. The molecule has 2 aliphatic heterocycles.